The van der Waals surface area contributed by atoms with E-state index in [9.17, 15) is 9.59 Å². The van der Waals surface area contributed by atoms with Gasteiger partial charge in [0.15, 0.2) is 17.3 Å². The highest BCUT2D eigenvalue weighted by Gasteiger charge is 2.28. The number of methoxy groups -OCH3 is 3. The Kier molecular flexibility index (Phi) is 7.61. The maximum Gasteiger partial charge on any atom is 0.203 e. The Bertz CT molecular complexity index is 1460. The Hall–Kier alpha value is -3.85. The van der Waals surface area contributed by atoms with Crippen LogP contribution >= 0.6 is 0 Å². The molecule has 1 saturated heterocycles. The van der Waals surface area contributed by atoms with Gasteiger partial charge in [0.1, 0.15) is 5.82 Å². The molecule has 3 aromatic rings. The van der Waals surface area contributed by atoms with E-state index in [2.05, 4.69) is 11.8 Å². The first-order valence-corrected chi connectivity index (χ1v) is 13.3. The molecule has 0 bridgehead atoms. The van der Waals surface area contributed by atoms with E-state index in [1.54, 1.807) is 30.5 Å². The molecular formula is C30H34FN3O5. The van der Waals surface area contributed by atoms with Gasteiger partial charge in [-0.2, -0.15) is 0 Å². The number of pyridine rings is 1. The molecule has 0 unspecified atom stereocenters. The van der Waals surface area contributed by atoms with Crippen molar-refractivity contribution < 1.29 is 23.4 Å². The van der Waals surface area contributed by atoms with Crippen molar-refractivity contribution in [3.05, 3.63) is 63.7 Å². The van der Waals surface area contributed by atoms with Gasteiger partial charge in [-0.25, -0.2) is 4.39 Å². The minimum Gasteiger partial charge on any atom is -0.493 e. The van der Waals surface area contributed by atoms with Crippen LogP contribution in [0.2, 0.25) is 0 Å². The number of ether oxygens (including phenoxy) is 3. The number of halogens is 1. The predicted molar refractivity (Wildman–Crippen MR) is 150 cm³/mol. The summed E-state index contributed by atoms with van der Waals surface area (Å²) in [4.78, 5) is 31.1. The van der Waals surface area contributed by atoms with E-state index in [1.165, 1.54) is 33.5 Å². The van der Waals surface area contributed by atoms with Crippen molar-refractivity contribution in [1.82, 2.24) is 9.47 Å². The first kappa shape index (κ1) is 26.7. The van der Waals surface area contributed by atoms with Crippen LogP contribution in [-0.4, -0.2) is 69.3 Å². The van der Waals surface area contributed by atoms with Gasteiger partial charge in [-0.05, 0) is 55.3 Å². The lowest BCUT2D eigenvalue weighted by atomic mass is 10.0. The minimum absolute atomic E-state index is 0.0156. The van der Waals surface area contributed by atoms with Crippen LogP contribution in [0.25, 0.3) is 17.0 Å². The molecule has 2 aromatic carbocycles. The van der Waals surface area contributed by atoms with Crippen LogP contribution < -0.4 is 24.5 Å². The van der Waals surface area contributed by atoms with Gasteiger partial charge in [-0.1, -0.05) is 13.0 Å². The Balaban J connectivity index is 1.51. The summed E-state index contributed by atoms with van der Waals surface area (Å²) in [6.07, 6.45) is 6.49. The van der Waals surface area contributed by atoms with E-state index in [0.29, 0.717) is 34.0 Å². The fourth-order valence-electron chi connectivity index (χ4n) is 5.20. The van der Waals surface area contributed by atoms with Crippen molar-refractivity contribution in [3.8, 4) is 17.2 Å². The van der Waals surface area contributed by atoms with Gasteiger partial charge in [-0.15, -0.1) is 0 Å². The SMILES string of the molecule is CCN1CCN(c2cc3c(cc2F)c(=O)c(C(=O)C=Cc2cc(OC)c(OC)c(OC)c2)cn3C2CC2)CC1. The topological polar surface area (TPSA) is 73.2 Å². The molecule has 2 heterocycles. The van der Waals surface area contributed by atoms with Crippen molar-refractivity contribution >= 4 is 28.4 Å². The second-order valence-electron chi connectivity index (χ2n) is 9.91. The summed E-state index contributed by atoms with van der Waals surface area (Å²) in [7, 11) is 4.55. The maximum atomic E-state index is 15.4. The normalized spacial score (nSPS) is 16.2. The number of anilines is 1. The first-order chi connectivity index (χ1) is 18.9. The molecule has 2 aliphatic rings. The second kappa shape index (κ2) is 11.1. The number of benzene rings is 2. The molecule has 1 aliphatic carbocycles. The molecule has 1 saturated carbocycles. The van der Waals surface area contributed by atoms with Gasteiger partial charge in [0.05, 0.1) is 38.1 Å². The van der Waals surface area contributed by atoms with E-state index in [0.717, 1.165) is 45.6 Å². The average Bonchev–Trinajstić information content (AvgIpc) is 3.81. The summed E-state index contributed by atoms with van der Waals surface area (Å²) in [6, 6.07) is 6.70. The van der Waals surface area contributed by atoms with Gasteiger partial charge < -0.3 is 28.6 Å². The Labute approximate surface area is 227 Å². The zero-order chi connectivity index (χ0) is 27.7. The van der Waals surface area contributed by atoms with Gasteiger partial charge in [0, 0.05) is 43.8 Å². The molecule has 5 rings (SSSR count). The van der Waals surface area contributed by atoms with Crippen molar-refractivity contribution in [3.63, 3.8) is 0 Å². The summed E-state index contributed by atoms with van der Waals surface area (Å²) < 4.78 is 33.5. The molecule has 0 N–H and O–H groups in total. The number of carbonyl (C=O) groups is 1. The zero-order valence-corrected chi connectivity index (χ0v) is 22.8. The van der Waals surface area contributed by atoms with E-state index >= 15 is 4.39 Å². The molecule has 206 valence electrons. The van der Waals surface area contributed by atoms with Crippen LogP contribution in [0.3, 0.4) is 0 Å². The Morgan fingerprint density at radius 1 is 1.00 bits per heavy atom. The molecule has 1 aromatic heterocycles. The fourth-order valence-corrected chi connectivity index (χ4v) is 5.20. The number of aromatic nitrogens is 1. The standard InChI is InChI=1S/C30H34FN3O5/c1-5-32-10-12-33(13-11-32)25-17-24-21(16-23(25)31)29(36)22(18-34(24)20-7-8-20)26(35)9-6-19-14-27(37-2)30(39-4)28(15-19)38-3/h6,9,14-18,20H,5,7-8,10-13H2,1-4H3. The first-order valence-electron chi connectivity index (χ1n) is 13.3. The van der Waals surface area contributed by atoms with E-state index in [1.807, 2.05) is 9.47 Å². The third-order valence-electron chi connectivity index (χ3n) is 7.58. The average molecular weight is 536 g/mol. The fraction of sp³-hybridized carbons (Fsp3) is 0.400. The van der Waals surface area contributed by atoms with Crippen LogP contribution in [0, 0.1) is 5.82 Å². The van der Waals surface area contributed by atoms with Crippen LogP contribution in [-0.2, 0) is 0 Å². The molecule has 39 heavy (non-hydrogen) atoms. The highest BCUT2D eigenvalue weighted by molar-refractivity contribution is 6.08. The van der Waals surface area contributed by atoms with Crippen LogP contribution in [0.4, 0.5) is 10.1 Å². The summed E-state index contributed by atoms with van der Waals surface area (Å²) >= 11 is 0. The lowest BCUT2D eigenvalue weighted by molar-refractivity contribution is 0.104. The highest BCUT2D eigenvalue weighted by atomic mass is 19.1. The monoisotopic (exact) mass is 535 g/mol. The molecule has 0 radical (unpaired) electrons. The predicted octanol–water partition coefficient (Wildman–Crippen LogP) is 4.54. The maximum absolute atomic E-state index is 15.4. The Morgan fingerprint density at radius 2 is 1.67 bits per heavy atom. The van der Waals surface area contributed by atoms with Crippen LogP contribution in [0.1, 0.15) is 41.7 Å². The Morgan fingerprint density at radius 3 is 2.23 bits per heavy atom. The molecule has 2 fully saturated rings. The number of allylic oxidation sites excluding steroid dienone is 1. The number of likely N-dealkylation sites (N-methyl/N-ethyl adjacent to an activating group) is 1. The van der Waals surface area contributed by atoms with Crippen LogP contribution in [0.5, 0.6) is 17.2 Å². The van der Waals surface area contributed by atoms with Crippen molar-refractivity contribution in [2.45, 2.75) is 25.8 Å². The van der Waals surface area contributed by atoms with Gasteiger partial charge in [-0.3, -0.25) is 9.59 Å². The van der Waals surface area contributed by atoms with Gasteiger partial charge in [0.2, 0.25) is 11.2 Å². The third kappa shape index (κ3) is 5.23. The van der Waals surface area contributed by atoms with E-state index in [-0.39, 0.29) is 17.0 Å². The summed E-state index contributed by atoms with van der Waals surface area (Å²) in [6.45, 7) is 6.29. The molecule has 1 aliphatic heterocycles. The smallest absolute Gasteiger partial charge is 0.203 e. The quantitative estimate of drug-likeness (QED) is 0.294. The summed E-state index contributed by atoms with van der Waals surface area (Å²) in [5.74, 6) is 0.454. The van der Waals surface area contributed by atoms with Crippen molar-refractivity contribution in [2.75, 3.05) is 59.0 Å². The molecular weight excluding hydrogens is 501 g/mol. The molecule has 8 nitrogen and oxygen atoms in total. The molecule has 0 atom stereocenters. The summed E-state index contributed by atoms with van der Waals surface area (Å²) in [5, 5.41) is 0.224. The second-order valence-corrected chi connectivity index (χ2v) is 9.91. The number of fused-ring (bicyclic) bond motifs is 1. The lowest BCUT2D eigenvalue weighted by Gasteiger charge is -2.35. The lowest BCUT2D eigenvalue weighted by Crippen LogP contribution is -2.46. The number of piperazine rings is 1. The highest BCUT2D eigenvalue weighted by Crippen LogP contribution is 2.39. The van der Waals surface area contributed by atoms with Gasteiger partial charge >= 0.3 is 0 Å². The molecule has 9 heteroatoms. The number of ketones is 1. The minimum atomic E-state index is -0.470. The molecule has 0 amide bonds. The van der Waals surface area contributed by atoms with Crippen LogP contribution in [0.15, 0.2) is 41.3 Å². The number of carbonyl (C=O) groups excluding carboxylic acids is 1. The number of rotatable bonds is 9. The summed E-state index contributed by atoms with van der Waals surface area (Å²) in [5.41, 5.74) is 1.36. The zero-order valence-electron chi connectivity index (χ0n) is 22.8. The third-order valence-corrected chi connectivity index (χ3v) is 7.58. The largest absolute Gasteiger partial charge is 0.493 e. The van der Waals surface area contributed by atoms with E-state index < -0.39 is 17.0 Å². The van der Waals surface area contributed by atoms with E-state index in [4.69, 9.17) is 14.2 Å². The number of hydrogen-bond acceptors (Lipinski definition) is 7. The van der Waals surface area contributed by atoms with Crippen molar-refractivity contribution in [2.24, 2.45) is 0 Å². The number of nitrogens with zero attached hydrogens (tertiary/aromatic N) is 3. The van der Waals surface area contributed by atoms with Crippen molar-refractivity contribution in [1.29, 1.82) is 0 Å². The van der Waals surface area contributed by atoms with Gasteiger partial charge in [0.25, 0.3) is 0 Å². The molecule has 0 spiro atoms. The number of hydrogen-bond donors (Lipinski definition) is 0.